The van der Waals surface area contributed by atoms with E-state index in [0.717, 1.165) is 25.2 Å². The second-order valence-corrected chi connectivity index (χ2v) is 8.06. The van der Waals surface area contributed by atoms with Crippen LogP contribution in [0.1, 0.15) is 6.42 Å². The van der Waals surface area contributed by atoms with Gasteiger partial charge >= 0.3 is 0 Å². The molecule has 0 bridgehead atoms. The lowest BCUT2D eigenvalue weighted by molar-refractivity contribution is 0.521. The van der Waals surface area contributed by atoms with Crippen LogP contribution in [0, 0.1) is 0 Å². The van der Waals surface area contributed by atoms with Crippen LogP contribution in [0.15, 0.2) is 29.2 Å². The van der Waals surface area contributed by atoms with Gasteiger partial charge in [0.05, 0.1) is 4.90 Å². The van der Waals surface area contributed by atoms with Crippen molar-refractivity contribution in [1.29, 1.82) is 0 Å². The van der Waals surface area contributed by atoms with Crippen molar-refractivity contribution in [3.05, 3.63) is 24.3 Å². The highest BCUT2D eigenvalue weighted by molar-refractivity contribution is 9.09. The summed E-state index contributed by atoms with van der Waals surface area (Å²) in [6.07, 6.45) is 1.12. The van der Waals surface area contributed by atoms with Gasteiger partial charge in [0.2, 0.25) is 10.0 Å². The first-order chi connectivity index (χ1) is 8.41. The summed E-state index contributed by atoms with van der Waals surface area (Å²) >= 11 is 3.60. The largest absolute Gasteiger partial charge is 0.370 e. The Morgan fingerprint density at radius 1 is 1.28 bits per heavy atom. The normalized spacial score (nSPS) is 20.7. The number of halogens is 1. The van der Waals surface area contributed by atoms with E-state index in [9.17, 15) is 8.42 Å². The molecule has 1 fully saturated rings. The summed E-state index contributed by atoms with van der Waals surface area (Å²) < 4.78 is 25.1. The number of benzene rings is 1. The fraction of sp³-hybridized carbons (Fsp3) is 0.500. The zero-order chi connectivity index (χ0) is 13.3. The Hall–Kier alpha value is -0.590. The number of nitrogens with zero attached hydrogens (tertiary/aromatic N) is 2. The lowest BCUT2D eigenvalue weighted by Gasteiger charge is -2.18. The topological polar surface area (TPSA) is 40.6 Å². The highest BCUT2D eigenvalue weighted by atomic mass is 79.9. The van der Waals surface area contributed by atoms with E-state index < -0.39 is 10.0 Å². The average molecular weight is 333 g/mol. The van der Waals surface area contributed by atoms with Crippen LogP contribution in [0.2, 0.25) is 0 Å². The Morgan fingerprint density at radius 2 is 1.89 bits per heavy atom. The molecule has 0 radical (unpaired) electrons. The van der Waals surface area contributed by atoms with Gasteiger partial charge in [0, 0.05) is 37.7 Å². The first kappa shape index (κ1) is 13.8. The summed E-state index contributed by atoms with van der Waals surface area (Å²) in [5.74, 6) is 0. The summed E-state index contributed by atoms with van der Waals surface area (Å²) in [6, 6.07) is 7.10. The maximum Gasteiger partial charge on any atom is 0.242 e. The van der Waals surface area contributed by atoms with E-state index in [2.05, 4.69) is 20.8 Å². The maximum atomic E-state index is 11.9. The Bertz CT molecular complexity index is 513. The molecule has 1 saturated heterocycles. The van der Waals surface area contributed by atoms with Crippen LogP contribution in [0.5, 0.6) is 0 Å². The number of hydrogen-bond donors (Lipinski definition) is 0. The first-order valence-electron chi connectivity index (χ1n) is 5.83. The Balaban J connectivity index is 2.21. The minimum atomic E-state index is -3.32. The van der Waals surface area contributed by atoms with Crippen LogP contribution >= 0.6 is 15.9 Å². The number of alkyl halides is 1. The van der Waals surface area contributed by atoms with Crippen LogP contribution in [-0.4, -0.2) is 44.7 Å². The first-order valence-corrected chi connectivity index (χ1v) is 8.18. The number of anilines is 1. The Morgan fingerprint density at radius 3 is 2.33 bits per heavy atom. The second kappa shape index (κ2) is 5.19. The zero-order valence-corrected chi connectivity index (χ0v) is 12.9. The van der Waals surface area contributed by atoms with Crippen LogP contribution in [0.4, 0.5) is 5.69 Å². The molecule has 1 aliphatic rings. The highest BCUT2D eigenvalue weighted by Gasteiger charge is 2.21. The van der Waals surface area contributed by atoms with Crippen molar-refractivity contribution in [2.75, 3.05) is 32.1 Å². The third kappa shape index (κ3) is 2.70. The molecule has 1 aromatic carbocycles. The van der Waals surface area contributed by atoms with Crippen LogP contribution in [0.3, 0.4) is 0 Å². The smallest absolute Gasteiger partial charge is 0.242 e. The van der Waals surface area contributed by atoms with Gasteiger partial charge in [-0.2, -0.15) is 0 Å². The monoisotopic (exact) mass is 332 g/mol. The van der Waals surface area contributed by atoms with Crippen LogP contribution in [0.25, 0.3) is 0 Å². The minimum absolute atomic E-state index is 0.339. The standard InChI is InChI=1S/C12H17BrN2O2S/c1-14(2)18(16,17)12-5-3-11(4-6-12)15-8-7-10(13)9-15/h3-6,10H,7-9H2,1-2H3. The highest BCUT2D eigenvalue weighted by Crippen LogP contribution is 2.25. The van der Waals surface area contributed by atoms with Gasteiger partial charge in [0.1, 0.15) is 0 Å². The molecule has 1 unspecified atom stereocenters. The third-order valence-electron chi connectivity index (χ3n) is 3.11. The quantitative estimate of drug-likeness (QED) is 0.794. The van der Waals surface area contributed by atoms with Gasteiger partial charge < -0.3 is 4.90 Å². The van der Waals surface area contributed by atoms with E-state index in [1.807, 2.05) is 12.1 Å². The van der Waals surface area contributed by atoms with Crippen molar-refractivity contribution in [2.45, 2.75) is 16.1 Å². The fourth-order valence-electron chi connectivity index (χ4n) is 1.99. The lowest BCUT2D eigenvalue weighted by Crippen LogP contribution is -2.23. The Labute approximate surface area is 117 Å². The molecule has 2 rings (SSSR count). The van der Waals surface area contributed by atoms with Gasteiger partial charge in [-0.1, -0.05) is 15.9 Å². The van der Waals surface area contributed by atoms with Crippen LogP contribution in [-0.2, 0) is 10.0 Å². The number of sulfonamides is 1. The lowest BCUT2D eigenvalue weighted by atomic mass is 10.3. The molecule has 0 spiro atoms. The van der Waals surface area contributed by atoms with Crippen molar-refractivity contribution in [3.63, 3.8) is 0 Å². The molecular formula is C12H17BrN2O2S. The molecule has 18 heavy (non-hydrogen) atoms. The molecule has 6 heteroatoms. The summed E-state index contributed by atoms with van der Waals surface area (Å²) in [4.78, 5) is 3.12. The van der Waals surface area contributed by atoms with Gasteiger partial charge in [0.15, 0.2) is 0 Å². The molecule has 0 amide bonds. The molecule has 1 aliphatic heterocycles. The van der Waals surface area contributed by atoms with Gasteiger partial charge in [-0.05, 0) is 30.7 Å². The van der Waals surface area contributed by atoms with E-state index >= 15 is 0 Å². The Kier molecular flexibility index (Phi) is 3.99. The summed E-state index contributed by atoms with van der Waals surface area (Å²) in [6.45, 7) is 1.98. The number of hydrogen-bond acceptors (Lipinski definition) is 3. The number of rotatable bonds is 3. The van der Waals surface area contributed by atoms with Crippen molar-refractivity contribution < 1.29 is 8.42 Å². The maximum absolute atomic E-state index is 11.9. The van der Waals surface area contributed by atoms with E-state index in [1.54, 1.807) is 26.2 Å². The second-order valence-electron chi connectivity index (χ2n) is 4.61. The molecule has 1 heterocycles. The minimum Gasteiger partial charge on any atom is -0.370 e. The van der Waals surface area contributed by atoms with Crippen molar-refractivity contribution in [3.8, 4) is 0 Å². The van der Waals surface area contributed by atoms with Gasteiger partial charge in [-0.25, -0.2) is 12.7 Å². The predicted molar refractivity (Wildman–Crippen MR) is 76.9 cm³/mol. The molecule has 1 aromatic rings. The summed E-state index contributed by atoms with van der Waals surface area (Å²) in [5, 5.41) is 0. The molecule has 4 nitrogen and oxygen atoms in total. The van der Waals surface area contributed by atoms with Gasteiger partial charge in [0.25, 0.3) is 0 Å². The van der Waals surface area contributed by atoms with Gasteiger partial charge in [-0.3, -0.25) is 0 Å². The SMILES string of the molecule is CN(C)S(=O)(=O)c1ccc(N2CCC(Br)C2)cc1. The molecule has 1 atom stereocenters. The van der Waals surface area contributed by atoms with Crippen molar-refractivity contribution >= 4 is 31.6 Å². The predicted octanol–water partition coefficient (Wildman–Crippen LogP) is 1.91. The van der Waals surface area contributed by atoms with E-state index in [1.165, 1.54) is 4.31 Å². The van der Waals surface area contributed by atoms with E-state index in [0.29, 0.717) is 9.72 Å². The summed E-state index contributed by atoms with van der Waals surface area (Å²) in [7, 11) is -0.241. The van der Waals surface area contributed by atoms with Crippen molar-refractivity contribution in [2.24, 2.45) is 0 Å². The molecule has 0 aliphatic carbocycles. The fourth-order valence-corrected chi connectivity index (χ4v) is 3.45. The van der Waals surface area contributed by atoms with Crippen LogP contribution < -0.4 is 4.90 Å². The zero-order valence-electron chi connectivity index (χ0n) is 10.5. The average Bonchev–Trinajstić information content (AvgIpc) is 2.76. The third-order valence-corrected chi connectivity index (χ3v) is 5.69. The van der Waals surface area contributed by atoms with E-state index in [-0.39, 0.29) is 0 Å². The molecule has 0 aromatic heterocycles. The molecule has 0 N–H and O–H groups in total. The molecule has 100 valence electrons. The van der Waals surface area contributed by atoms with E-state index in [4.69, 9.17) is 0 Å². The summed E-state index contributed by atoms with van der Waals surface area (Å²) in [5.41, 5.74) is 1.08. The van der Waals surface area contributed by atoms with Gasteiger partial charge in [-0.15, -0.1) is 0 Å². The molecular weight excluding hydrogens is 316 g/mol. The van der Waals surface area contributed by atoms with Crippen molar-refractivity contribution in [1.82, 2.24) is 4.31 Å². The molecule has 0 saturated carbocycles.